The summed E-state index contributed by atoms with van der Waals surface area (Å²) in [4.78, 5) is 28.4. The predicted molar refractivity (Wildman–Crippen MR) is 158 cm³/mol. The van der Waals surface area contributed by atoms with Crippen LogP contribution in [0.5, 0.6) is 5.75 Å². The van der Waals surface area contributed by atoms with Crippen molar-refractivity contribution in [1.82, 2.24) is 19.8 Å². The zero-order valence-electron chi connectivity index (χ0n) is 24.2. The van der Waals surface area contributed by atoms with E-state index in [1.54, 1.807) is 11.0 Å². The highest BCUT2D eigenvalue weighted by atomic mass is 32.2. The Morgan fingerprint density at radius 1 is 1.05 bits per heavy atom. The summed E-state index contributed by atoms with van der Waals surface area (Å²) < 4.78 is 40.8. The third-order valence-corrected chi connectivity index (χ3v) is 11.2. The monoisotopic (exact) mass is 612 g/mol. The summed E-state index contributed by atoms with van der Waals surface area (Å²) in [7, 11) is -4.14. The van der Waals surface area contributed by atoms with Crippen molar-refractivity contribution in [3.63, 3.8) is 0 Å². The Morgan fingerprint density at radius 2 is 1.79 bits per heavy atom. The van der Waals surface area contributed by atoms with Crippen molar-refractivity contribution in [3.05, 3.63) is 59.7 Å². The minimum Gasteiger partial charge on any atom is -0.492 e. The van der Waals surface area contributed by atoms with Crippen LogP contribution >= 0.6 is 0 Å². The van der Waals surface area contributed by atoms with E-state index in [-0.39, 0.29) is 42.2 Å². The second-order valence-electron chi connectivity index (χ2n) is 12.1. The average molecular weight is 613 g/mol. The van der Waals surface area contributed by atoms with Crippen LogP contribution in [0.4, 0.5) is 4.79 Å². The van der Waals surface area contributed by atoms with Gasteiger partial charge in [-0.1, -0.05) is 36.4 Å². The number of urea groups is 1. The van der Waals surface area contributed by atoms with Gasteiger partial charge in [0, 0.05) is 57.8 Å². The van der Waals surface area contributed by atoms with Crippen LogP contribution in [0.3, 0.4) is 0 Å². The van der Waals surface area contributed by atoms with E-state index in [9.17, 15) is 23.1 Å². The zero-order chi connectivity index (χ0) is 30.0. The molecule has 1 spiro atoms. The minimum atomic E-state index is -4.14. The third-order valence-electron chi connectivity index (χ3n) is 9.30. The van der Waals surface area contributed by atoms with Gasteiger partial charge in [0.2, 0.25) is 15.9 Å². The molecule has 4 aliphatic heterocycles. The number of hydrogen-bond acceptors (Lipinski definition) is 7. The Hall–Kier alpha value is -3.19. The number of carbonyl (C=O) groups excluding carboxylic acids is 2. The molecule has 2 atom stereocenters. The number of likely N-dealkylation sites (tertiary alicyclic amines) is 1. The van der Waals surface area contributed by atoms with Crippen molar-refractivity contribution in [2.45, 2.75) is 73.6 Å². The van der Waals surface area contributed by atoms with E-state index in [4.69, 9.17) is 9.47 Å². The van der Waals surface area contributed by atoms with Gasteiger partial charge >= 0.3 is 6.03 Å². The molecule has 4 aliphatic rings. The number of carbonyl (C=O) groups is 2. The predicted octanol–water partition coefficient (Wildman–Crippen LogP) is 2.35. The molecule has 6 rings (SSSR count). The molecule has 43 heavy (non-hydrogen) atoms. The fraction of sp³-hybridized carbons (Fsp3) is 0.548. The molecule has 0 unspecified atom stereocenters. The van der Waals surface area contributed by atoms with Crippen LogP contribution in [-0.4, -0.2) is 91.8 Å². The van der Waals surface area contributed by atoms with Gasteiger partial charge < -0.3 is 30.1 Å². The van der Waals surface area contributed by atoms with E-state index in [1.807, 2.05) is 42.5 Å². The number of aliphatic hydroxyl groups excluding tert-OH is 1. The number of fused-ring (bicyclic) bond motifs is 2. The molecule has 0 aromatic heterocycles. The summed E-state index contributed by atoms with van der Waals surface area (Å²) in [5.74, 6) is 0.0904. The van der Waals surface area contributed by atoms with Crippen molar-refractivity contribution in [2.24, 2.45) is 0 Å². The van der Waals surface area contributed by atoms with E-state index in [0.717, 1.165) is 28.3 Å². The van der Waals surface area contributed by atoms with Crippen LogP contribution in [0.25, 0.3) is 0 Å². The number of amides is 3. The number of hydrogen-bond donors (Lipinski definition) is 3. The Balaban J connectivity index is 1.23. The van der Waals surface area contributed by atoms with Crippen molar-refractivity contribution >= 4 is 22.0 Å². The van der Waals surface area contributed by atoms with E-state index in [2.05, 4.69) is 10.6 Å². The molecule has 2 aromatic rings. The van der Waals surface area contributed by atoms with Crippen molar-refractivity contribution in [3.8, 4) is 5.75 Å². The van der Waals surface area contributed by atoms with Gasteiger partial charge in [-0.25, -0.2) is 13.2 Å². The van der Waals surface area contributed by atoms with Crippen LogP contribution in [0, 0.1) is 0 Å². The van der Waals surface area contributed by atoms with Crippen molar-refractivity contribution in [1.29, 1.82) is 0 Å². The second kappa shape index (κ2) is 12.4. The quantitative estimate of drug-likeness (QED) is 0.484. The molecule has 0 bridgehead atoms. The maximum absolute atomic E-state index is 13.9. The molecule has 11 nitrogen and oxygen atoms in total. The second-order valence-corrected chi connectivity index (χ2v) is 13.9. The lowest BCUT2D eigenvalue weighted by Crippen LogP contribution is -2.60. The highest BCUT2D eigenvalue weighted by molar-refractivity contribution is 7.89. The molecule has 0 radical (unpaired) electrons. The van der Waals surface area contributed by atoms with E-state index < -0.39 is 33.6 Å². The fourth-order valence-corrected chi connectivity index (χ4v) is 8.46. The van der Waals surface area contributed by atoms with E-state index in [1.165, 1.54) is 0 Å². The smallest absolute Gasteiger partial charge is 0.317 e. The summed E-state index contributed by atoms with van der Waals surface area (Å²) in [6.45, 7) is 2.64. The largest absolute Gasteiger partial charge is 0.492 e. The first-order chi connectivity index (χ1) is 20.7. The Labute approximate surface area is 252 Å². The van der Waals surface area contributed by atoms with Crippen LogP contribution in [0.2, 0.25) is 0 Å². The molecule has 4 heterocycles. The van der Waals surface area contributed by atoms with E-state index >= 15 is 0 Å². The normalized spacial score (nSPS) is 26.0. The molecule has 3 amide bonds. The SMILES string of the molecule is O=C1NC2(CCOc3cc(C4CCOCC4)ccc3S(=O)(=O)N3C[C@H](O)C[C@@H]13)CCN(C(=O)NCc1ccccc1)CC2. The molecular weight excluding hydrogens is 572 g/mol. The van der Waals surface area contributed by atoms with Crippen LogP contribution in [-0.2, 0) is 26.1 Å². The van der Waals surface area contributed by atoms with Crippen LogP contribution < -0.4 is 15.4 Å². The number of sulfonamides is 1. The number of piperidine rings is 1. The van der Waals surface area contributed by atoms with Gasteiger partial charge in [-0.2, -0.15) is 4.31 Å². The first-order valence-corrected chi connectivity index (χ1v) is 16.6. The summed E-state index contributed by atoms with van der Waals surface area (Å²) >= 11 is 0. The summed E-state index contributed by atoms with van der Waals surface area (Å²) in [5, 5.41) is 16.6. The topological polar surface area (TPSA) is 138 Å². The van der Waals surface area contributed by atoms with Gasteiger partial charge in [-0.05, 0) is 54.9 Å². The third kappa shape index (κ3) is 6.38. The molecule has 3 saturated heterocycles. The van der Waals surface area contributed by atoms with Crippen LogP contribution in [0.1, 0.15) is 55.6 Å². The maximum Gasteiger partial charge on any atom is 0.317 e. The lowest BCUT2D eigenvalue weighted by Gasteiger charge is -2.43. The van der Waals surface area contributed by atoms with Gasteiger partial charge in [0.25, 0.3) is 0 Å². The minimum absolute atomic E-state index is 0.0102. The number of nitrogens with one attached hydrogen (secondary N) is 2. The molecule has 12 heteroatoms. The lowest BCUT2D eigenvalue weighted by molar-refractivity contribution is -0.127. The highest BCUT2D eigenvalue weighted by Crippen LogP contribution is 2.38. The van der Waals surface area contributed by atoms with Crippen molar-refractivity contribution < 1.29 is 32.6 Å². The standard InChI is InChI=1S/C31H40N4O7S/c36-25-19-26-29(37)33-31(10-13-34(14-11-31)30(38)32-20-22-4-2-1-3-5-22)12-17-42-27-18-24(23-8-15-41-16-9-23)6-7-28(27)43(39,40)35(26)21-25/h1-7,18,23,25-26,36H,8-17,19-21H2,(H,32,38)(H,33,37)/t25-,26+/m1/s1. The van der Waals surface area contributed by atoms with Gasteiger partial charge in [0.15, 0.2) is 0 Å². The van der Waals surface area contributed by atoms with Gasteiger partial charge in [-0.3, -0.25) is 4.79 Å². The zero-order valence-corrected chi connectivity index (χ0v) is 25.1. The summed E-state index contributed by atoms with van der Waals surface area (Å²) in [6.07, 6.45) is 2.21. The fourth-order valence-electron chi connectivity index (χ4n) is 6.71. The maximum atomic E-state index is 13.9. The van der Waals surface area contributed by atoms with Gasteiger partial charge in [-0.15, -0.1) is 0 Å². The summed E-state index contributed by atoms with van der Waals surface area (Å²) in [6, 6.07) is 13.7. The Kier molecular flexibility index (Phi) is 8.63. The Bertz CT molecular complexity index is 1420. The number of ether oxygens (including phenoxy) is 2. The van der Waals surface area contributed by atoms with E-state index in [0.29, 0.717) is 52.1 Å². The average Bonchev–Trinajstić information content (AvgIpc) is 3.43. The molecule has 0 aliphatic carbocycles. The molecule has 0 saturated carbocycles. The molecular formula is C31H40N4O7S. The highest BCUT2D eigenvalue weighted by Gasteiger charge is 2.47. The number of rotatable bonds is 3. The Morgan fingerprint density at radius 3 is 2.53 bits per heavy atom. The van der Waals surface area contributed by atoms with Gasteiger partial charge in [0.05, 0.1) is 12.7 Å². The van der Waals surface area contributed by atoms with Gasteiger partial charge in [0.1, 0.15) is 16.7 Å². The molecule has 3 fully saturated rings. The number of nitrogens with zero attached hydrogens (tertiary/aromatic N) is 2. The molecule has 3 N–H and O–H groups in total. The first kappa shape index (κ1) is 29.9. The number of benzene rings is 2. The first-order valence-electron chi connectivity index (χ1n) is 15.2. The summed E-state index contributed by atoms with van der Waals surface area (Å²) in [5.41, 5.74) is 1.33. The van der Waals surface area contributed by atoms with Crippen LogP contribution in [0.15, 0.2) is 53.4 Å². The lowest BCUT2D eigenvalue weighted by atomic mass is 9.84. The molecule has 2 aromatic carbocycles. The number of aliphatic hydroxyl groups is 1. The van der Waals surface area contributed by atoms with Crippen molar-refractivity contribution in [2.75, 3.05) is 39.5 Å². The molecule has 232 valence electrons.